The van der Waals surface area contributed by atoms with Crippen molar-refractivity contribution in [1.82, 2.24) is 9.55 Å². The average molecular weight is 392 g/mol. The summed E-state index contributed by atoms with van der Waals surface area (Å²) in [6.07, 6.45) is 0.416. The highest BCUT2D eigenvalue weighted by Crippen LogP contribution is 2.21. The van der Waals surface area contributed by atoms with Gasteiger partial charge in [-0.3, -0.25) is 19.1 Å². The van der Waals surface area contributed by atoms with Gasteiger partial charge in [-0.25, -0.2) is 9.18 Å². The summed E-state index contributed by atoms with van der Waals surface area (Å²) < 4.78 is 19.8. The average Bonchev–Trinajstić information content (AvgIpc) is 2.63. The quantitative estimate of drug-likeness (QED) is 0.663. The number of hydrogen-bond donors (Lipinski definition) is 2. The Morgan fingerprint density at radius 2 is 2.07 bits per heavy atom. The van der Waals surface area contributed by atoms with Crippen molar-refractivity contribution in [2.24, 2.45) is 5.92 Å². The number of nitrogens with two attached hydrogens (primary N) is 1. The van der Waals surface area contributed by atoms with Gasteiger partial charge in [-0.1, -0.05) is 19.9 Å². The summed E-state index contributed by atoms with van der Waals surface area (Å²) in [4.78, 5) is 41.1. The summed E-state index contributed by atoms with van der Waals surface area (Å²) in [7, 11) is 1.52. The van der Waals surface area contributed by atoms with E-state index in [-0.39, 0.29) is 36.1 Å². The molecule has 0 radical (unpaired) electrons. The fourth-order valence-electron chi connectivity index (χ4n) is 2.84. The number of anilines is 2. The molecule has 1 amide bonds. The van der Waals surface area contributed by atoms with E-state index >= 15 is 0 Å². The van der Waals surface area contributed by atoms with Crippen LogP contribution in [0.2, 0.25) is 0 Å². The zero-order valence-corrected chi connectivity index (χ0v) is 16.2. The highest BCUT2D eigenvalue weighted by molar-refractivity contribution is 6.07. The highest BCUT2D eigenvalue weighted by atomic mass is 19.1. The number of nitrogens with one attached hydrogen (secondary N) is 1. The zero-order chi connectivity index (χ0) is 20.8. The number of ether oxygens (including phenoxy) is 1. The minimum atomic E-state index is -0.773. The van der Waals surface area contributed by atoms with Crippen LogP contribution in [0.3, 0.4) is 0 Å². The van der Waals surface area contributed by atoms with Gasteiger partial charge in [0.2, 0.25) is 0 Å². The van der Waals surface area contributed by atoms with Gasteiger partial charge in [0.05, 0.1) is 0 Å². The Hall–Kier alpha value is -2.94. The van der Waals surface area contributed by atoms with Crippen molar-refractivity contribution in [1.29, 1.82) is 0 Å². The Morgan fingerprint density at radius 1 is 1.36 bits per heavy atom. The summed E-state index contributed by atoms with van der Waals surface area (Å²) in [5, 5.41) is 0. The summed E-state index contributed by atoms with van der Waals surface area (Å²) in [5.74, 6) is -1.19. The van der Waals surface area contributed by atoms with Gasteiger partial charge in [0.15, 0.2) is 5.69 Å². The van der Waals surface area contributed by atoms with E-state index in [0.717, 1.165) is 11.0 Å². The lowest BCUT2D eigenvalue weighted by atomic mass is 10.1. The van der Waals surface area contributed by atoms with E-state index in [0.29, 0.717) is 13.0 Å². The van der Waals surface area contributed by atoms with Gasteiger partial charge >= 0.3 is 5.69 Å². The van der Waals surface area contributed by atoms with Crippen LogP contribution in [0, 0.1) is 11.7 Å². The third kappa shape index (κ3) is 4.86. The van der Waals surface area contributed by atoms with Crippen molar-refractivity contribution in [3.05, 3.63) is 56.5 Å². The predicted molar refractivity (Wildman–Crippen MR) is 105 cm³/mol. The number of aromatic amines is 1. The molecule has 0 saturated heterocycles. The summed E-state index contributed by atoms with van der Waals surface area (Å²) in [5.41, 5.74) is 4.64. The molecule has 152 valence electrons. The molecule has 0 unspecified atom stereocenters. The molecular formula is C19H25FN4O4. The molecule has 0 bridgehead atoms. The first-order chi connectivity index (χ1) is 13.3. The molecule has 1 aromatic heterocycles. The predicted octanol–water partition coefficient (Wildman–Crippen LogP) is 1.60. The van der Waals surface area contributed by atoms with Crippen LogP contribution < -0.4 is 21.9 Å². The first-order valence-corrected chi connectivity index (χ1v) is 8.95. The molecule has 8 nitrogen and oxygen atoms in total. The Balaban J connectivity index is 2.58. The van der Waals surface area contributed by atoms with Gasteiger partial charge in [0.25, 0.3) is 11.5 Å². The molecule has 1 heterocycles. The van der Waals surface area contributed by atoms with Crippen LogP contribution in [0.1, 0.15) is 30.6 Å². The summed E-state index contributed by atoms with van der Waals surface area (Å²) in [6, 6.07) is 5.16. The number of H-pyrrole nitrogens is 1. The van der Waals surface area contributed by atoms with E-state index < -0.39 is 23.0 Å². The van der Waals surface area contributed by atoms with Crippen molar-refractivity contribution in [2.75, 3.05) is 30.9 Å². The molecule has 9 heteroatoms. The normalized spacial score (nSPS) is 11.0. The fraction of sp³-hybridized carbons (Fsp3) is 0.421. The third-order valence-electron chi connectivity index (χ3n) is 4.08. The van der Waals surface area contributed by atoms with Crippen molar-refractivity contribution in [2.45, 2.75) is 26.8 Å². The van der Waals surface area contributed by atoms with Crippen LogP contribution in [0.25, 0.3) is 0 Å². The Kier molecular flexibility index (Phi) is 7.11. The van der Waals surface area contributed by atoms with Gasteiger partial charge in [-0.15, -0.1) is 0 Å². The minimum absolute atomic E-state index is 0.0674. The van der Waals surface area contributed by atoms with Crippen LogP contribution in [0.4, 0.5) is 15.9 Å². The highest BCUT2D eigenvalue weighted by Gasteiger charge is 2.25. The number of methoxy groups -OCH3 is 1. The van der Waals surface area contributed by atoms with Crippen LogP contribution in [0.15, 0.2) is 33.9 Å². The Bertz CT molecular complexity index is 952. The van der Waals surface area contributed by atoms with E-state index in [1.54, 1.807) is 0 Å². The monoisotopic (exact) mass is 392 g/mol. The molecule has 2 rings (SSSR count). The lowest BCUT2D eigenvalue weighted by Gasteiger charge is -2.25. The van der Waals surface area contributed by atoms with Crippen molar-refractivity contribution in [3.8, 4) is 0 Å². The number of aromatic nitrogens is 2. The minimum Gasteiger partial charge on any atom is -0.385 e. The number of rotatable bonds is 8. The number of amides is 1. The first kappa shape index (κ1) is 21.4. The van der Waals surface area contributed by atoms with Crippen LogP contribution in [0.5, 0.6) is 0 Å². The van der Waals surface area contributed by atoms with Gasteiger partial charge in [0, 0.05) is 32.4 Å². The molecule has 0 fully saturated rings. The Morgan fingerprint density at radius 3 is 2.68 bits per heavy atom. The second-order valence-electron chi connectivity index (χ2n) is 6.81. The summed E-state index contributed by atoms with van der Waals surface area (Å²) in [6.45, 7) is 4.51. The maximum Gasteiger partial charge on any atom is 0.330 e. The van der Waals surface area contributed by atoms with Gasteiger partial charge < -0.3 is 15.4 Å². The first-order valence-electron chi connectivity index (χ1n) is 8.95. The number of benzene rings is 1. The van der Waals surface area contributed by atoms with Gasteiger partial charge in [0.1, 0.15) is 11.6 Å². The molecule has 0 aliphatic carbocycles. The second-order valence-corrected chi connectivity index (χ2v) is 6.81. The maximum absolute atomic E-state index is 13.6. The molecular weight excluding hydrogens is 367 g/mol. The lowest BCUT2D eigenvalue weighted by Crippen LogP contribution is -2.42. The van der Waals surface area contributed by atoms with E-state index in [1.807, 2.05) is 13.8 Å². The van der Waals surface area contributed by atoms with Crippen molar-refractivity contribution in [3.63, 3.8) is 0 Å². The van der Waals surface area contributed by atoms with E-state index in [2.05, 4.69) is 4.98 Å². The Labute approximate surface area is 161 Å². The molecule has 0 aliphatic heterocycles. The molecule has 0 spiro atoms. The van der Waals surface area contributed by atoms with E-state index in [9.17, 15) is 18.8 Å². The molecule has 3 N–H and O–H groups in total. The molecule has 1 aromatic carbocycles. The number of nitrogen functional groups attached to an aromatic ring is 1. The lowest BCUT2D eigenvalue weighted by molar-refractivity contribution is 0.0982. The molecule has 28 heavy (non-hydrogen) atoms. The van der Waals surface area contributed by atoms with Crippen LogP contribution in [-0.4, -0.2) is 35.7 Å². The van der Waals surface area contributed by atoms with E-state index in [4.69, 9.17) is 10.5 Å². The number of hydrogen-bond acceptors (Lipinski definition) is 5. The van der Waals surface area contributed by atoms with Gasteiger partial charge in [-0.2, -0.15) is 0 Å². The number of carbonyl (C=O) groups is 1. The number of carbonyl (C=O) groups excluding carboxylic acids is 1. The number of halogens is 1. The standard InChI is InChI=1S/C19H25FN4O4/c1-12(2)11-24-16(21)15(17(25)22-19(24)27)23(8-5-9-28-3)18(26)13-6-4-7-14(20)10-13/h4,6-7,10,12H,5,8-9,11,21H2,1-3H3,(H,22,25,27). The maximum atomic E-state index is 13.6. The van der Waals surface area contributed by atoms with Crippen LogP contribution in [-0.2, 0) is 11.3 Å². The molecule has 0 saturated carbocycles. The number of nitrogens with zero attached hydrogens (tertiary/aromatic N) is 2. The fourth-order valence-corrected chi connectivity index (χ4v) is 2.84. The third-order valence-corrected chi connectivity index (χ3v) is 4.08. The smallest absolute Gasteiger partial charge is 0.330 e. The second kappa shape index (κ2) is 9.32. The van der Waals surface area contributed by atoms with E-state index in [1.165, 1.54) is 29.9 Å². The van der Waals surface area contributed by atoms with Crippen LogP contribution >= 0.6 is 0 Å². The molecule has 0 atom stereocenters. The molecule has 0 aliphatic rings. The summed E-state index contributed by atoms with van der Waals surface area (Å²) >= 11 is 0. The van der Waals surface area contributed by atoms with Crippen molar-refractivity contribution < 1.29 is 13.9 Å². The van der Waals surface area contributed by atoms with Gasteiger partial charge in [-0.05, 0) is 30.5 Å². The van der Waals surface area contributed by atoms with Crippen molar-refractivity contribution >= 4 is 17.4 Å². The molecule has 2 aromatic rings. The topological polar surface area (TPSA) is 110 Å². The SMILES string of the molecule is COCCCN(C(=O)c1cccc(F)c1)c1c(N)n(CC(C)C)c(=O)[nH]c1=O. The largest absolute Gasteiger partial charge is 0.385 e. The zero-order valence-electron chi connectivity index (χ0n) is 16.2.